The van der Waals surface area contributed by atoms with Gasteiger partial charge in [-0.3, -0.25) is 0 Å². The molecule has 1 nitrogen and oxygen atoms in total. The van der Waals surface area contributed by atoms with Gasteiger partial charge in [-0.1, -0.05) is 18.5 Å². The number of thioether (sulfide) groups is 1. The maximum atomic E-state index is 5.87. The standard InChI is InChI=1S/C15H20ClNS/c1-3-5-6-14(17-11-4-2)12-18-15-9-7-13(16)8-10-15/h7-10,14,17H,4,6,11-12H2,1-2H3. The second kappa shape index (κ2) is 9.33. The first-order valence-electron chi connectivity index (χ1n) is 6.27. The molecule has 1 aromatic carbocycles. The van der Waals surface area contributed by atoms with E-state index in [0.717, 1.165) is 30.2 Å². The fraction of sp³-hybridized carbons (Fsp3) is 0.467. The monoisotopic (exact) mass is 281 g/mol. The zero-order valence-corrected chi connectivity index (χ0v) is 12.6. The van der Waals surface area contributed by atoms with Gasteiger partial charge in [0.15, 0.2) is 0 Å². The topological polar surface area (TPSA) is 12.0 Å². The summed E-state index contributed by atoms with van der Waals surface area (Å²) in [4.78, 5) is 1.26. The summed E-state index contributed by atoms with van der Waals surface area (Å²) in [5.41, 5.74) is 0. The molecule has 0 radical (unpaired) electrons. The van der Waals surface area contributed by atoms with E-state index >= 15 is 0 Å². The Kier molecular flexibility index (Phi) is 8.00. The molecule has 98 valence electrons. The molecule has 0 saturated carbocycles. The molecule has 1 aromatic rings. The van der Waals surface area contributed by atoms with Gasteiger partial charge in [0.05, 0.1) is 0 Å². The van der Waals surface area contributed by atoms with E-state index in [1.807, 2.05) is 30.8 Å². The summed E-state index contributed by atoms with van der Waals surface area (Å²) in [6.45, 7) is 5.13. The Bertz CT molecular complexity index is 391. The zero-order chi connectivity index (χ0) is 13.2. The van der Waals surface area contributed by atoms with E-state index in [2.05, 4.69) is 36.2 Å². The number of rotatable bonds is 7. The Hall–Kier alpha value is -0.620. The summed E-state index contributed by atoms with van der Waals surface area (Å²) >= 11 is 7.72. The maximum absolute atomic E-state index is 5.87. The molecule has 1 atom stereocenters. The van der Waals surface area contributed by atoms with Crippen molar-refractivity contribution in [3.8, 4) is 11.8 Å². The Balaban J connectivity index is 2.43. The van der Waals surface area contributed by atoms with E-state index in [1.54, 1.807) is 0 Å². The third-order valence-electron chi connectivity index (χ3n) is 2.47. The molecule has 0 aliphatic heterocycles. The molecule has 1 rings (SSSR count). The lowest BCUT2D eigenvalue weighted by Crippen LogP contribution is -2.31. The van der Waals surface area contributed by atoms with Crippen LogP contribution in [-0.2, 0) is 0 Å². The van der Waals surface area contributed by atoms with Crippen LogP contribution in [0.5, 0.6) is 0 Å². The van der Waals surface area contributed by atoms with E-state index in [1.165, 1.54) is 4.90 Å². The Labute approximate surface area is 120 Å². The number of halogens is 1. The molecule has 1 N–H and O–H groups in total. The summed E-state index contributed by atoms with van der Waals surface area (Å²) < 4.78 is 0. The maximum Gasteiger partial charge on any atom is 0.0406 e. The summed E-state index contributed by atoms with van der Waals surface area (Å²) in [6.07, 6.45) is 2.07. The van der Waals surface area contributed by atoms with Crippen LogP contribution < -0.4 is 5.32 Å². The predicted molar refractivity (Wildman–Crippen MR) is 82.3 cm³/mol. The van der Waals surface area contributed by atoms with Crippen LogP contribution in [0.2, 0.25) is 5.02 Å². The lowest BCUT2D eigenvalue weighted by Gasteiger charge is -2.15. The Morgan fingerprint density at radius 1 is 1.33 bits per heavy atom. The minimum atomic E-state index is 0.457. The van der Waals surface area contributed by atoms with Gasteiger partial charge in [0, 0.05) is 28.1 Å². The van der Waals surface area contributed by atoms with E-state index in [-0.39, 0.29) is 0 Å². The van der Waals surface area contributed by atoms with Crippen molar-refractivity contribution in [2.75, 3.05) is 12.3 Å². The highest BCUT2D eigenvalue weighted by molar-refractivity contribution is 7.99. The lowest BCUT2D eigenvalue weighted by molar-refractivity contribution is 0.563. The largest absolute Gasteiger partial charge is 0.312 e. The van der Waals surface area contributed by atoms with E-state index in [4.69, 9.17) is 11.6 Å². The van der Waals surface area contributed by atoms with Gasteiger partial charge in [0.1, 0.15) is 0 Å². The van der Waals surface area contributed by atoms with Crippen LogP contribution in [0.1, 0.15) is 26.7 Å². The van der Waals surface area contributed by atoms with Gasteiger partial charge in [-0.05, 0) is 44.2 Å². The average molecular weight is 282 g/mol. The molecule has 0 saturated heterocycles. The van der Waals surface area contributed by atoms with Crippen molar-refractivity contribution in [1.82, 2.24) is 5.32 Å². The molecule has 0 spiro atoms. The number of hydrogen-bond donors (Lipinski definition) is 1. The minimum absolute atomic E-state index is 0.457. The molecule has 0 aromatic heterocycles. The van der Waals surface area contributed by atoms with Crippen molar-refractivity contribution in [2.24, 2.45) is 0 Å². The molecule has 0 fully saturated rings. The van der Waals surface area contributed by atoms with Gasteiger partial charge >= 0.3 is 0 Å². The first-order chi connectivity index (χ1) is 8.76. The van der Waals surface area contributed by atoms with E-state index in [0.29, 0.717) is 6.04 Å². The molecule has 0 aliphatic rings. The van der Waals surface area contributed by atoms with Crippen molar-refractivity contribution in [3.05, 3.63) is 29.3 Å². The molecule has 1 unspecified atom stereocenters. The molecule has 0 bridgehead atoms. The number of hydrogen-bond acceptors (Lipinski definition) is 2. The normalized spacial score (nSPS) is 11.7. The van der Waals surface area contributed by atoms with Crippen LogP contribution in [0.15, 0.2) is 29.2 Å². The van der Waals surface area contributed by atoms with Crippen LogP contribution in [0, 0.1) is 11.8 Å². The van der Waals surface area contributed by atoms with Crippen LogP contribution >= 0.6 is 23.4 Å². The SMILES string of the molecule is CC#CCC(CSc1ccc(Cl)cc1)NCCC. The van der Waals surface area contributed by atoms with Crippen LogP contribution in [0.4, 0.5) is 0 Å². The summed E-state index contributed by atoms with van der Waals surface area (Å²) in [6, 6.07) is 8.46. The van der Waals surface area contributed by atoms with Crippen molar-refractivity contribution >= 4 is 23.4 Å². The van der Waals surface area contributed by atoms with Crippen LogP contribution in [-0.4, -0.2) is 18.3 Å². The van der Waals surface area contributed by atoms with Crippen molar-refractivity contribution in [1.29, 1.82) is 0 Å². The minimum Gasteiger partial charge on any atom is -0.312 e. The van der Waals surface area contributed by atoms with Gasteiger partial charge in [-0.2, -0.15) is 0 Å². The second-order valence-corrected chi connectivity index (χ2v) is 5.58. The van der Waals surface area contributed by atoms with E-state index in [9.17, 15) is 0 Å². The number of benzene rings is 1. The van der Waals surface area contributed by atoms with Gasteiger partial charge in [-0.25, -0.2) is 0 Å². The highest BCUT2D eigenvalue weighted by Crippen LogP contribution is 2.21. The van der Waals surface area contributed by atoms with Crippen molar-refractivity contribution < 1.29 is 0 Å². The quantitative estimate of drug-likeness (QED) is 0.593. The van der Waals surface area contributed by atoms with Crippen LogP contribution in [0.3, 0.4) is 0 Å². The second-order valence-electron chi connectivity index (χ2n) is 4.05. The number of nitrogens with one attached hydrogen (secondary N) is 1. The molecular weight excluding hydrogens is 262 g/mol. The molecule has 0 amide bonds. The van der Waals surface area contributed by atoms with Crippen molar-refractivity contribution in [2.45, 2.75) is 37.6 Å². The third kappa shape index (κ3) is 6.35. The van der Waals surface area contributed by atoms with Gasteiger partial charge in [0.2, 0.25) is 0 Å². The fourth-order valence-electron chi connectivity index (χ4n) is 1.49. The van der Waals surface area contributed by atoms with Crippen molar-refractivity contribution in [3.63, 3.8) is 0 Å². The molecule has 18 heavy (non-hydrogen) atoms. The van der Waals surface area contributed by atoms with Gasteiger partial charge < -0.3 is 5.32 Å². The summed E-state index contributed by atoms with van der Waals surface area (Å²) in [5, 5.41) is 4.33. The first-order valence-corrected chi connectivity index (χ1v) is 7.64. The highest BCUT2D eigenvalue weighted by Gasteiger charge is 2.06. The van der Waals surface area contributed by atoms with Gasteiger partial charge in [-0.15, -0.1) is 23.6 Å². The Morgan fingerprint density at radius 3 is 2.67 bits per heavy atom. The van der Waals surface area contributed by atoms with Gasteiger partial charge in [0.25, 0.3) is 0 Å². The van der Waals surface area contributed by atoms with E-state index < -0.39 is 0 Å². The predicted octanol–water partition coefficient (Wildman–Crippen LogP) is 4.21. The fourth-order valence-corrected chi connectivity index (χ4v) is 2.58. The molecular formula is C15H20ClNS. The Morgan fingerprint density at radius 2 is 2.06 bits per heavy atom. The molecule has 0 aliphatic carbocycles. The lowest BCUT2D eigenvalue weighted by atomic mass is 10.2. The zero-order valence-electron chi connectivity index (χ0n) is 11.0. The highest BCUT2D eigenvalue weighted by atomic mass is 35.5. The smallest absolute Gasteiger partial charge is 0.0406 e. The molecule has 3 heteroatoms. The first kappa shape index (κ1) is 15.4. The summed E-state index contributed by atoms with van der Waals surface area (Å²) in [5.74, 6) is 7.16. The van der Waals surface area contributed by atoms with Crippen LogP contribution in [0.25, 0.3) is 0 Å². The average Bonchev–Trinajstić information content (AvgIpc) is 2.40. The summed E-state index contributed by atoms with van der Waals surface area (Å²) in [7, 11) is 0. The third-order valence-corrected chi connectivity index (χ3v) is 3.90. The molecule has 0 heterocycles.